The fourth-order valence-electron chi connectivity index (χ4n) is 2.99. The molecule has 164 valence electrons. The summed E-state index contributed by atoms with van der Waals surface area (Å²) in [5.41, 5.74) is 1.44. The molecular formula is C22H24FN3O5. The topological polar surface area (TPSA) is 94.7 Å². The van der Waals surface area contributed by atoms with E-state index in [0.717, 1.165) is 0 Å². The first-order valence-corrected chi connectivity index (χ1v) is 9.49. The van der Waals surface area contributed by atoms with E-state index in [0.29, 0.717) is 39.9 Å². The van der Waals surface area contributed by atoms with E-state index in [1.54, 1.807) is 12.1 Å². The molecule has 9 heteroatoms. The summed E-state index contributed by atoms with van der Waals surface area (Å²) in [6.45, 7) is 3.74. The second-order valence-corrected chi connectivity index (χ2v) is 6.84. The fraction of sp³-hybridized carbons (Fsp3) is 0.273. The van der Waals surface area contributed by atoms with Crippen LogP contribution in [-0.2, 0) is 0 Å². The third-order valence-corrected chi connectivity index (χ3v) is 4.33. The Morgan fingerprint density at radius 3 is 2.26 bits per heavy atom. The zero-order chi connectivity index (χ0) is 22.5. The van der Waals surface area contributed by atoms with Gasteiger partial charge in [-0.25, -0.2) is 4.39 Å². The number of carbonyl (C=O) groups excluding carboxylic acids is 1. The molecule has 2 N–H and O–H groups in total. The maximum absolute atomic E-state index is 13.8. The van der Waals surface area contributed by atoms with E-state index in [2.05, 4.69) is 15.5 Å². The highest BCUT2D eigenvalue weighted by Gasteiger charge is 2.18. The number of benzene rings is 2. The zero-order valence-electron chi connectivity index (χ0n) is 17.9. The minimum absolute atomic E-state index is 0.106. The van der Waals surface area contributed by atoms with Gasteiger partial charge in [0.15, 0.2) is 11.5 Å². The van der Waals surface area contributed by atoms with E-state index in [4.69, 9.17) is 18.9 Å². The number of rotatable bonds is 8. The van der Waals surface area contributed by atoms with Crippen LogP contribution in [0, 0.1) is 5.82 Å². The Bertz CT molecular complexity index is 1060. The lowest BCUT2D eigenvalue weighted by molar-refractivity contribution is 0.102. The second-order valence-electron chi connectivity index (χ2n) is 6.84. The number of nitrogens with one attached hydrogen (secondary N) is 2. The Kier molecular flexibility index (Phi) is 6.64. The van der Waals surface area contributed by atoms with Crippen molar-refractivity contribution in [1.29, 1.82) is 0 Å². The van der Waals surface area contributed by atoms with Crippen LogP contribution in [0.15, 0.2) is 36.4 Å². The Hall–Kier alpha value is -3.75. The van der Waals surface area contributed by atoms with Crippen LogP contribution in [0.3, 0.4) is 0 Å². The maximum Gasteiger partial charge on any atom is 0.273 e. The van der Waals surface area contributed by atoms with Gasteiger partial charge < -0.3 is 24.3 Å². The molecule has 0 saturated carbocycles. The highest BCUT2D eigenvalue weighted by Crippen LogP contribution is 2.40. The molecule has 0 saturated heterocycles. The van der Waals surface area contributed by atoms with E-state index < -0.39 is 11.7 Å². The van der Waals surface area contributed by atoms with Crippen LogP contribution >= 0.6 is 0 Å². The second kappa shape index (κ2) is 9.38. The minimum atomic E-state index is -0.448. The number of methoxy groups -OCH3 is 3. The quantitative estimate of drug-likeness (QED) is 0.555. The van der Waals surface area contributed by atoms with Crippen LogP contribution in [-0.4, -0.2) is 43.5 Å². The van der Waals surface area contributed by atoms with Crippen LogP contribution in [0.1, 0.15) is 24.3 Å². The van der Waals surface area contributed by atoms with Gasteiger partial charge in [-0.1, -0.05) is 0 Å². The number of halogens is 1. The van der Waals surface area contributed by atoms with E-state index in [-0.39, 0.29) is 11.8 Å². The molecule has 1 heterocycles. The summed E-state index contributed by atoms with van der Waals surface area (Å²) < 4.78 is 35.4. The first-order valence-electron chi connectivity index (χ1n) is 9.49. The number of carbonyl (C=O) groups is 1. The van der Waals surface area contributed by atoms with Crippen molar-refractivity contribution in [2.45, 2.75) is 20.0 Å². The molecule has 0 bridgehead atoms. The number of anilines is 1. The van der Waals surface area contributed by atoms with E-state index in [9.17, 15) is 9.18 Å². The van der Waals surface area contributed by atoms with Crippen molar-refractivity contribution >= 4 is 11.6 Å². The third kappa shape index (κ3) is 4.88. The van der Waals surface area contributed by atoms with Gasteiger partial charge >= 0.3 is 0 Å². The predicted molar refractivity (Wildman–Crippen MR) is 114 cm³/mol. The summed E-state index contributed by atoms with van der Waals surface area (Å²) in [7, 11) is 4.47. The van der Waals surface area contributed by atoms with Gasteiger partial charge in [0.25, 0.3) is 5.91 Å². The Morgan fingerprint density at radius 2 is 1.68 bits per heavy atom. The van der Waals surface area contributed by atoms with Crippen LogP contribution < -0.4 is 24.3 Å². The van der Waals surface area contributed by atoms with Crippen LogP contribution in [0.4, 0.5) is 10.1 Å². The number of hydrogen-bond acceptors (Lipinski definition) is 6. The number of aromatic nitrogens is 2. The monoisotopic (exact) mass is 429 g/mol. The molecule has 1 aromatic heterocycles. The predicted octanol–water partition coefficient (Wildman–Crippen LogP) is 4.28. The lowest BCUT2D eigenvalue weighted by atomic mass is 10.1. The molecule has 0 aliphatic carbocycles. The number of amides is 1. The molecule has 31 heavy (non-hydrogen) atoms. The highest BCUT2D eigenvalue weighted by atomic mass is 19.1. The van der Waals surface area contributed by atoms with Gasteiger partial charge in [-0.2, -0.15) is 5.10 Å². The normalized spacial score (nSPS) is 10.7. The van der Waals surface area contributed by atoms with Crippen molar-refractivity contribution in [2.75, 3.05) is 26.6 Å². The molecule has 0 radical (unpaired) electrons. The lowest BCUT2D eigenvalue weighted by Crippen LogP contribution is -2.12. The Balaban J connectivity index is 1.87. The van der Waals surface area contributed by atoms with Gasteiger partial charge in [0.05, 0.1) is 33.1 Å². The molecule has 0 fully saturated rings. The molecule has 0 atom stereocenters. The Labute approximate surface area is 179 Å². The molecule has 0 aliphatic heterocycles. The van der Waals surface area contributed by atoms with Gasteiger partial charge in [-0.15, -0.1) is 0 Å². The standard InChI is InChI=1S/C22H24FN3O5/c1-12(2)31-18-7-6-13(23)8-15(18)16-11-17(26-25-16)22(27)24-14-9-19(28-3)21(30-5)20(10-14)29-4/h6-12H,1-5H3,(H,24,27)(H,25,26). The number of ether oxygens (including phenoxy) is 4. The number of nitrogens with zero attached hydrogens (tertiary/aromatic N) is 1. The Morgan fingerprint density at radius 1 is 1.00 bits per heavy atom. The van der Waals surface area contributed by atoms with E-state index in [1.807, 2.05) is 13.8 Å². The summed E-state index contributed by atoms with van der Waals surface area (Å²) in [5.74, 6) is 0.804. The smallest absolute Gasteiger partial charge is 0.273 e. The minimum Gasteiger partial charge on any atom is -0.493 e. The van der Waals surface area contributed by atoms with Crippen molar-refractivity contribution < 1.29 is 28.1 Å². The van der Waals surface area contributed by atoms with Crippen molar-refractivity contribution in [1.82, 2.24) is 10.2 Å². The number of aromatic amines is 1. The van der Waals surface area contributed by atoms with Gasteiger partial charge in [-0.3, -0.25) is 9.89 Å². The van der Waals surface area contributed by atoms with Crippen LogP contribution in [0.2, 0.25) is 0 Å². The van der Waals surface area contributed by atoms with Crippen molar-refractivity contribution in [3.05, 3.63) is 47.9 Å². The summed E-state index contributed by atoms with van der Waals surface area (Å²) in [5, 5.41) is 9.58. The van der Waals surface area contributed by atoms with Crippen molar-refractivity contribution in [3.8, 4) is 34.3 Å². The van der Waals surface area contributed by atoms with E-state index >= 15 is 0 Å². The van der Waals surface area contributed by atoms with Crippen LogP contribution in [0.5, 0.6) is 23.0 Å². The summed E-state index contributed by atoms with van der Waals surface area (Å²) in [6.07, 6.45) is -0.106. The molecule has 0 spiro atoms. The number of hydrogen-bond donors (Lipinski definition) is 2. The first kappa shape index (κ1) is 21.9. The largest absolute Gasteiger partial charge is 0.493 e. The summed E-state index contributed by atoms with van der Waals surface area (Å²) in [6, 6.07) is 8.90. The molecule has 0 unspecified atom stereocenters. The average molecular weight is 429 g/mol. The molecule has 3 aromatic rings. The van der Waals surface area contributed by atoms with E-state index in [1.165, 1.54) is 45.6 Å². The molecule has 0 aliphatic rings. The van der Waals surface area contributed by atoms with Gasteiger partial charge in [0, 0.05) is 23.4 Å². The van der Waals surface area contributed by atoms with Gasteiger partial charge in [0.2, 0.25) is 5.75 Å². The highest BCUT2D eigenvalue weighted by molar-refractivity contribution is 6.03. The third-order valence-electron chi connectivity index (χ3n) is 4.33. The summed E-state index contributed by atoms with van der Waals surface area (Å²) >= 11 is 0. The van der Waals surface area contributed by atoms with Crippen molar-refractivity contribution in [2.24, 2.45) is 0 Å². The van der Waals surface area contributed by atoms with Gasteiger partial charge in [0.1, 0.15) is 17.3 Å². The molecular weight excluding hydrogens is 405 g/mol. The number of H-pyrrole nitrogens is 1. The molecule has 3 rings (SSSR count). The lowest BCUT2D eigenvalue weighted by Gasteiger charge is -2.14. The first-order chi connectivity index (χ1) is 14.9. The average Bonchev–Trinajstić information content (AvgIpc) is 3.24. The van der Waals surface area contributed by atoms with Crippen LogP contribution in [0.25, 0.3) is 11.3 Å². The maximum atomic E-state index is 13.8. The zero-order valence-corrected chi connectivity index (χ0v) is 17.9. The molecule has 1 amide bonds. The van der Waals surface area contributed by atoms with Gasteiger partial charge in [-0.05, 0) is 38.1 Å². The fourth-order valence-corrected chi connectivity index (χ4v) is 2.99. The summed E-state index contributed by atoms with van der Waals surface area (Å²) in [4.78, 5) is 12.7. The molecule has 8 nitrogen and oxygen atoms in total. The SMILES string of the molecule is COc1cc(NC(=O)c2cc(-c3cc(F)ccc3OC(C)C)n[nH]2)cc(OC)c1OC. The van der Waals surface area contributed by atoms with Crippen molar-refractivity contribution in [3.63, 3.8) is 0 Å². The molecule has 2 aromatic carbocycles.